The number of carbonyl (C=O) groups is 3. The summed E-state index contributed by atoms with van der Waals surface area (Å²) in [7, 11) is 4.73. The molecule has 25 nitrogen and oxygen atoms in total. The SMILES string of the molecule is COc1ccc(-n2c(C#N)c(OCc3ccccc3)c(C)c2C(C)=O)cc1.COc1ccc(-n2c(C(C)=O)c(C)c(OCc3ccccc3)c2-c2nn[nH]n2)cc1.COc1ccc(-n2c(C(C)=O)c(O)c(O)c2-c2nn[nH]n2)cc1.[N-]=[N+]=[N-].[Na+]. The second kappa shape index (κ2) is 29.3. The molecule has 0 aliphatic carbocycles. The van der Waals surface area contributed by atoms with Gasteiger partial charge < -0.3 is 49.5 Å². The normalized spacial score (nSPS) is 10.2. The molecule has 84 heavy (non-hydrogen) atoms. The fourth-order valence-electron chi connectivity index (χ4n) is 8.86. The van der Waals surface area contributed by atoms with Crippen LogP contribution in [0.15, 0.2) is 133 Å². The number of hydrogen-bond acceptors (Lipinski definition) is 17. The van der Waals surface area contributed by atoms with Crippen molar-refractivity contribution in [2.24, 2.45) is 0 Å². The number of methoxy groups -OCH3 is 3. The standard InChI is InChI=1S/C22H21N5O3.C22H20N2O3.C14H13N5O4.N3.Na/c1-14-19(15(2)28)27(17-9-11-18(29-3)12-10-17)20(22-23-25-26-24-22)21(14)30-13-16-7-5-4-6-8-16;1-15-21(16(2)25)24(18-9-11-19(26-3)12-10-18)20(13-23)22(15)27-14-17-7-5-4-6-8-17;1-7(20)10-12(21)13(22)11(14-15-17-18-16-14)19(10)8-3-5-9(23-2)6-4-8;1-3-2;/h4-12H,13H2,1-3H3,(H,23,24,25,26);4-12H,14H2,1-3H3;3-6,21-22H,1-2H3,(H,15,16,17,18);;/q;;;-1;+1. The van der Waals surface area contributed by atoms with Gasteiger partial charge in [0.15, 0.2) is 46.0 Å². The first-order valence-corrected chi connectivity index (χ1v) is 24.9. The number of aromatic nitrogens is 11. The van der Waals surface area contributed by atoms with Crippen LogP contribution in [0.5, 0.6) is 40.2 Å². The summed E-state index contributed by atoms with van der Waals surface area (Å²) in [5.41, 5.74) is 20.7. The number of ether oxygens (including phenoxy) is 5. The summed E-state index contributed by atoms with van der Waals surface area (Å²) >= 11 is 0. The van der Waals surface area contributed by atoms with E-state index in [1.54, 1.807) is 62.1 Å². The monoisotopic (exact) mass is 1140 g/mol. The Labute approximate surface area is 502 Å². The average molecular weight is 1140 g/mol. The Bertz CT molecular complexity index is 3910. The Kier molecular flexibility index (Phi) is 21.8. The third-order valence-corrected chi connectivity index (χ3v) is 12.5. The van der Waals surface area contributed by atoms with E-state index < -0.39 is 17.3 Å². The van der Waals surface area contributed by atoms with Crippen molar-refractivity contribution in [1.82, 2.24) is 54.9 Å². The van der Waals surface area contributed by atoms with Crippen LogP contribution in [0, 0.1) is 25.2 Å². The molecule has 10 rings (SSSR count). The predicted molar refractivity (Wildman–Crippen MR) is 302 cm³/mol. The number of benzene rings is 5. The van der Waals surface area contributed by atoms with Gasteiger partial charge in [0, 0.05) is 49.0 Å². The van der Waals surface area contributed by atoms with Crippen LogP contribution in [0.3, 0.4) is 0 Å². The van der Waals surface area contributed by atoms with Gasteiger partial charge in [-0.05, 0) is 108 Å². The van der Waals surface area contributed by atoms with Gasteiger partial charge in [-0.1, -0.05) is 60.7 Å². The van der Waals surface area contributed by atoms with E-state index in [2.05, 4.69) is 47.3 Å². The summed E-state index contributed by atoms with van der Waals surface area (Å²) in [6.45, 7) is 8.64. The minimum atomic E-state index is -0.534. The largest absolute Gasteiger partial charge is 1.00 e. The molecule has 10 aromatic rings. The number of Topliss-reactive ketones (excluding diaryl/α,β-unsaturated/α-hetero) is 3. The van der Waals surface area contributed by atoms with Crippen molar-refractivity contribution >= 4 is 17.3 Å². The van der Waals surface area contributed by atoms with Crippen LogP contribution in [0.25, 0.3) is 56.1 Å². The molecule has 0 amide bonds. The third kappa shape index (κ3) is 14.0. The van der Waals surface area contributed by atoms with Crippen molar-refractivity contribution < 1.29 is 77.8 Å². The Morgan fingerprint density at radius 1 is 0.548 bits per heavy atom. The van der Waals surface area contributed by atoms with E-state index in [0.717, 1.165) is 16.8 Å². The Hall–Kier alpha value is -10.5. The molecule has 0 fully saturated rings. The first-order chi connectivity index (χ1) is 40.1. The number of ketones is 3. The summed E-state index contributed by atoms with van der Waals surface area (Å²) in [5, 5.41) is 57.9. The zero-order valence-electron chi connectivity index (χ0n) is 47.1. The van der Waals surface area contributed by atoms with Crippen LogP contribution in [0.2, 0.25) is 0 Å². The fraction of sp³-hybridized carbons (Fsp3) is 0.172. The van der Waals surface area contributed by atoms with Gasteiger partial charge in [0.2, 0.25) is 11.6 Å². The molecule has 5 aromatic heterocycles. The van der Waals surface area contributed by atoms with Crippen molar-refractivity contribution in [3.8, 4) is 86.4 Å². The minimum Gasteiger partial charge on any atom is -0.503 e. The molecule has 0 saturated carbocycles. The summed E-state index contributed by atoms with van der Waals surface area (Å²) in [6.07, 6.45) is 0. The number of nitrogens with one attached hydrogen (secondary N) is 2. The van der Waals surface area contributed by atoms with E-state index in [1.807, 2.05) is 109 Å². The molecule has 0 saturated heterocycles. The Morgan fingerprint density at radius 2 is 0.905 bits per heavy atom. The molecule has 0 aliphatic rings. The van der Waals surface area contributed by atoms with Crippen LogP contribution < -0.4 is 53.2 Å². The van der Waals surface area contributed by atoms with Gasteiger partial charge in [-0.2, -0.15) is 15.7 Å². The van der Waals surface area contributed by atoms with Gasteiger partial charge in [0.05, 0.1) is 32.7 Å². The van der Waals surface area contributed by atoms with Crippen LogP contribution in [0.4, 0.5) is 0 Å². The number of nitriles is 1. The molecule has 0 bridgehead atoms. The van der Waals surface area contributed by atoms with Crippen LogP contribution >= 0.6 is 0 Å². The Balaban J connectivity index is 0.000000198. The van der Waals surface area contributed by atoms with E-state index in [0.29, 0.717) is 93.1 Å². The number of aromatic hydroxyl groups is 2. The molecule has 0 spiro atoms. The maximum Gasteiger partial charge on any atom is 1.00 e. The molecule has 0 unspecified atom stereocenters. The van der Waals surface area contributed by atoms with E-state index in [-0.39, 0.29) is 58.3 Å². The molecule has 0 atom stereocenters. The molecule has 4 N–H and O–H groups in total. The second-order valence-corrected chi connectivity index (χ2v) is 17.7. The number of hydrogen-bond donors (Lipinski definition) is 4. The minimum absolute atomic E-state index is 0. The van der Waals surface area contributed by atoms with Gasteiger partial charge in [-0.25, -0.2) is 0 Å². The molecule has 5 aromatic carbocycles. The van der Waals surface area contributed by atoms with Crippen LogP contribution in [-0.4, -0.2) is 104 Å². The third-order valence-electron chi connectivity index (χ3n) is 12.5. The first-order valence-electron chi connectivity index (χ1n) is 24.9. The second-order valence-electron chi connectivity index (χ2n) is 17.7. The number of rotatable bonds is 17. The van der Waals surface area contributed by atoms with Crippen molar-refractivity contribution in [1.29, 1.82) is 5.26 Å². The number of nitrogens with zero attached hydrogens (tertiary/aromatic N) is 13. The zero-order chi connectivity index (χ0) is 59.7. The van der Waals surface area contributed by atoms with E-state index >= 15 is 0 Å². The summed E-state index contributed by atoms with van der Waals surface area (Å²) in [4.78, 5) is 38.4. The predicted octanol–water partition coefficient (Wildman–Crippen LogP) is 7.35. The van der Waals surface area contributed by atoms with Crippen LogP contribution in [-0.2, 0) is 13.2 Å². The quantitative estimate of drug-likeness (QED) is 0.0227. The van der Waals surface area contributed by atoms with E-state index in [4.69, 9.17) is 34.7 Å². The van der Waals surface area contributed by atoms with Crippen molar-refractivity contribution in [3.05, 3.63) is 194 Å². The van der Waals surface area contributed by atoms with Gasteiger partial charge >= 0.3 is 29.6 Å². The molecular formula is C58H54N15NaO10. The average Bonchev–Trinajstić information content (AvgIpc) is 2.21. The fourth-order valence-corrected chi connectivity index (χ4v) is 8.86. The number of carbonyl (C=O) groups excluding carboxylic acids is 3. The van der Waals surface area contributed by atoms with Crippen molar-refractivity contribution in [2.45, 2.75) is 47.8 Å². The number of aromatic amines is 2. The van der Waals surface area contributed by atoms with E-state index in [9.17, 15) is 29.9 Å². The van der Waals surface area contributed by atoms with Gasteiger partial charge in [-0.3, -0.25) is 28.4 Å². The molecule has 5 heterocycles. The molecule has 26 heteroatoms. The molecule has 0 radical (unpaired) electrons. The maximum absolute atomic E-state index is 12.6. The van der Waals surface area contributed by atoms with Gasteiger partial charge in [0.25, 0.3) is 0 Å². The number of H-pyrrole nitrogens is 2. The summed E-state index contributed by atoms with van der Waals surface area (Å²) < 4.78 is 32.5. The zero-order valence-corrected chi connectivity index (χ0v) is 49.1. The van der Waals surface area contributed by atoms with Gasteiger partial charge in [-0.15, -0.1) is 20.4 Å². The molecular weight excluding hydrogens is 1090 g/mol. The first kappa shape index (κ1) is 62.7. The maximum atomic E-state index is 12.6. The Morgan fingerprint density at radius 3 is 1.27 bits per heavy atom. The summed E-state index contributed by atoms with van der Waals surface area (Å²) in [6, 6.07) is 43.1. The van der Waals surface area contributed by atoms with Crippen LogP contribution in [0.1, 0.15) is 80.2 Å². The summed E-state index contributed by atoms with van der Waals surface area (Å²) in [5.74, 6) is 1.72. The number of tetrazole rings is 2. The smallest absolute Gasteiger partial charge is 0.503 e. The van der Waals surface area contributed by atoms with Crippen molar-refractivity contribution in [2.75, 3.05) is 21.3 Å². The molecule has 422 valence electrons. The topological polar surface area (TPSA) is 344 Å². The van der Waals surface area contributed by atoms with Gasteiger partial charge in [0.1, 0.15) is 53.6 Å². The van der Waals surface area contributed by atoms with E-state index in [1.165, 1.54) is 37.4 Å². The molecule has 0 aliphatic heterocycles. The van der Waals surface area contributed by atoms with Crippen molar-refractivity contribution in [3.63, 3.8) is 0 Å².